The molecule has 3 N–H and O–H groups in total. The Kier molecular flexibility index (Phi) is 6.14. The highest BCUT2D eigenvalue weighted by Gasteiger charge is 2.21. The first-order valence-corrected chi connectivity index (χ1v) is 10.3. The van der Waals surface area contributed by atoms with E-state index in [-0.39, 0.29) is 17.7 Å². The molecule has 4 rings (SSSR count). The number of esters is 1. The van der Waals surface area contributed by atoms with E-state index in [4.69, 9.17) is 16.3 Å². The van der Waals surface area contributed by atoms with E-state index in [0.29, 0.717) is 5.02 Å². The van der Waals surface area contributed by atoms with Gasteiger partial charge in [0.05, 0.1) is 12.8 Å². The molecule has 0 amide bonds. The van der Waals surface area contributed by atoms with Crippen LogP contribution in [0.15, 0.2) is 69.3 Å². The van der Waals surface area contributed by atoms with Crippen molar-refractivity contribution in [3.8, 4) is 11.6 Å². The Labute approximate surface area is 192 Å². The average molecular weight is 467 g/mol. The smallest absolute Gasteiger partial charge is 0.335 e. The van der Waals surface area contributed by atoms with Crippen molar-refractivity contribution in [1.82, 2.24) is 14.5 Å². The number of methoxy groups -OCH3 is 1. The van der Waals surface area contributed by atoms with E-state index in [1.165, 1.54) is 31.4 Å². The Morgan fingerprint density at radius 2 is 1.94 bits per heavy atom. The molecule has 168 valence electrons. The largest absolute Gasteiger partial charge is 0.493 e. The lowest BCUT2D eigenvalue weighted by Gasteiger charge is -2.11. The van der Waals surface area contributed by atoms with Crippen molar-refractivity contribution in [2.75, 3.05) is 7.11 Å². The first-order chi connectivity index (χ1) is 15.9. The lowest BCUT2D eigenvalue weighted by Crippen LogP contribution is -2.31. The van der Waals surface area contributed by atoms with Crippen LogP contribution in [0.25, 0.3) is 16.6 Å². The molecule has 10 heteroatoms. The zero-order valence-electron chi connectivity index (χ0n) is 17.4. The number of aromatic hydroxyl groups is 1. The molecule has 0 spiro atoms. The summed E-state index contributed by atoms with van der Waals surface area (Å²) in [7, 11) is 1.24. The molecule has 2 aromatic carbocycles. The number of aliphatic imine (C=N–C) groups is 1. The highest BCUT2D eigenvalue weighted by atomic mass is 35.5. The van der Waals surface area contributed by atoms with Crippen LogP contribution in [0.5, 0.6) is 5.88 Å². The van der Waals surface area contributed by atoms with E-state index in [0.717, 1.165) is 27.2 Å². The van der Waals surface area contributed by atoms with Crippen molar-refractivity contribution < 1.29 is 14.6 Å². The Balaban J connectivity index is 1.72. The van der Waals surface area contributed by atoms with E-state index in [2.05, 4.69) is 15.0 Å². The van der Waals surface area contributed by atoms with Crippen LogP contribution in [-0.4, -0.2) is 45.0 Å². The van der Waals surface area contributed by atoms with Gasteiger partial charge in [-0.1, -0.05) is 29.8 Å². The first kappa shape index (κ1) is 22.1. The molecule has 2 heterocycles. The SMILES string of the molecule is COC(=O)C(Cc1c[nH]c2ccccc12)N=Cc1c(O)n(-c2ccc(Cl)cc2)c(=O)[nH]c1=O. The van der Waals surface area contributed by atoms with E-state index in [1.54, 1.807) is 6.20 Å². The monoisotopic (exact) mass is 466 g/mol. The second-order valence-corrected chi connectivity index (χ2v) is 7.63. The molecular formula is C23H19ClN4O5. The third kappa shape index (κ3) is 4.44. The number of ether oxygens (including phenoxy) is 1. The van der Waals surface area contributed by atoms with Crippen LogP contribution in [0.2, 0.25) is 5.02 Å². The van der Waals surface area contributed by atoms with Gasteiger partial charge in [0.25, 0.3) is 5.56 Å². The van der Waals surface area contributed by atoms with Crippen LogP contribution in [0.1, 0.15) is 11.1 Å². The second-order valence-electron chi connectivity index (χ2n) is 7.19. The van der Waals surface area contributed by atoms with E-state index in [1.807, 2.05) is 24.3 Å². The number of aromatic amines is 2. The number of carbonyl (C=O) groups is 1. The molecule has 4 aromatic rings. The van der Waals surface area contributed by atoms with Crippen LogP contribution in [0.4, 0.5) is 0 Å². The lowest BCUT2D eigenvalue weighted by molar-refractivity contribution is -0.142. The van der Waals surface area contributed by atoms with Gasteiger partial charge in [-0.15, -0.1) is 0 Å². The summed E-state index contributed by atoms with van der Waals surface area (Å²) in [6.07, 6.45) is 3.04. The highest BCUT2D eigenvalue weighted by Crippen LogP contribution is 2.21. The Morgan fingerprint density at radius 1 is 1.21 bits per heavy atom. The molecule has 1 unspecified atom stereocenters. The molecule has 33 heavy (non-hydrogen) atoms. The number of aromatic nitrogens is 3. The highest BCUT2D eigenvalue weighted by molar-refractivity contribution is 6.30. The van der Waals surface area contributed by atoms with Gasteiger partial charge in [-0.3, -0.25) is 14.8 Å². The number of hydrogen-bond acceptors (Lipinski definition) is 6. The molecule has 0 saturated carbocycles. The molecule has 0 saturated heterocycles. The predicted octanol–water partition coefficient (Wildman–Crippen LogP) is 2.57. The lowest BCUT2D eigenvalue weighted by atomic mass is 10.1. The van der Waals surface area contributed by atoms with Crippen molar-refractivity contribution in [2.24, 2.45) is 4.99 Å². The summed E-state index contributed by atoms with van der Waals surface area (Å²) in [4.78, 5) is 46.6. The number of rotatable bonds is 6. The van der Waals surface area contributed by atoms with Crippen LogP contribution in [0, 0.1) is 0 Å². The molecule has 0 radical (unpaired) electrons. The standard InChI is InChI=1S/C23H19ClN4O5/c1-33-22(31)19(10-13-11-25-18-5-3-2-4-16(13)18)26-12-17-20(29)27-23(32)28(21(17)30)15-8-6-14(24)7-9-15/h2-9,11-12,19,25,30H,10H2,1H3,(H,27,29,32). The number of para-hydroxylation sites is 1. The number of benzene rings is 2. The third-order valence-electron chi connectivity index (χ3n) is 5.15. The van der Waals surface area contributed by atoms with Gasteiger partial charge in [0.1, 0.15) is 5.56 Å². The van der Waals surface area contributed by atoms with Gasteiger partial charge < -0.3 is 14.8 Å². The van der Waals surface area contributed by atoms with Crippen molar-refractivity contribution in [2.45, 2.75) is 12.5 Å². The first-order valence-electron chi connectivity index (χ1n) is 9.89. The van der Waals surface area contributed by atoms with Crippen molar-refractivity contribution in [3.05, 3.63) is 91.7 Å². The fraction of sp³-hybridized carbons (Fsp3) is 0.130. The fourth-order valence-electron chi connectivity index (χ4n) is 3.49. The van der Waals surface area contributed by atoms with Gasteiger partial charge >= 0.3 is 11.7 Å². The summed E-state index contributed by atoms with van der Waals surface area (Å²) in [6, 6.07) is 12.7. The quantitative estimate of drug-likeness (QED) is 0.297. The number of nitrogens with one attached hydrogen (secondary N) is 2. The summed E-state index contributed by atoms with van der Waals surface area (Å²) < 4.78 is 5.78. The molecule has 1 atom stereocenters. The van der Waals surface area contributed by atoms with Gasteiger partial charge in [0.15, 0.2) is 6.04 Å². The Bertz CT molecular complexity index is 1470. The molecular weight excluding hydrogens is 448 g/mol. The maximum Gasteiger partial charge on any atom is 0.335 e. The van der Waals surface area contributed by atoms with Crippen LogP contribution >= 0.6 is 11.6 Å². The zero-order valence-corrected chi connectivity index (χ0v) is 18.2. The number of carbonyl (C=O) groups excluding carboxylic acids is 1. The molecule has 0 fully saturated rings. The van der Waals surface area contributed by atoms with Gasteiger partial charge in [-0.25, -0.2) is 14.2 Å². The topological polar surface area (TPSA) is 130 Å². The van der Waals surface area contributed by atoms with Gasteiger partial charge in [-0.05, 0) is 35.9 Å². The molecule has 2 aromatic heterocycles. The van der Waals surface area contributed by atoms with E-state index in [9.17, 15) is 19.5 Å². The molecule has 0 aliphatic heterocycles. The summed E-state index contributed by atoms with van der Waals surface area (Å²) in [5, 5.41) is 12.0. The molecule has 0 bridgehead atoms. The maximum absolute atomic E-state index is 12.4. The number of halogens is 1. The van der Waals surface area contributed by atoms with Gasteiger partial charge in [0.2, 0.25) is 5.88 Å². The normalized spacial score (nSPS) is 12.3. The third-order valence-corrected chi connectivity index (χ3v) is 5.40. The summed E-state index contributed by atoms with van der Waals surface area (Å²) >= 11 is 5.88. The minimum atomic E-state index is -0.982. The average Bonchev–Trinajstić information content (AvgIpc) is 3.21. The minimum Gasteiger partial charge on any atom is -0.493 e. The summed E-state index contributed by atoms with van der Waals surface area (Å²) in [6.45, 7) is 0. The summed E-state index contributed by atoms with van der Waals surface area (Å²) in [5.74, 6) is -1.23. The zero-order chi connectivity index (χ0) is 23.5. The maximum atomic E-state index is 12.4. The summed E-state index contributed by atoms with van der Waals surface area (Å²) in [5.41, 5.74) is 0.0718. The second kappa shape index (κ2) is 9.17. The van der Waals surface area contributed by atoms with E-state index < -0.39 is 29.1 Å². The van der Waals surface area contributed by atoms with Crippen LogP contribution in [-0.2, 0) is 16.0 Å². The Hall–Kier alpha value is -4.11. The number of nitrogens with zero attached hydrogens (tertiary/aromatic N) is 2. The van der Waals surface area contributed by atoms with Crippen LogP contribution in [0.3, 0.4) is 0 Å². The van der Waals surface area contributed by atoms with Crippen LogP contribution < -0.4 is 11.2 Å². The Morgan fingerprint density at radius 3 is 2.67 bits per heavy atom. The molecule has 9 nitrogen and oxygen atoms in total. The number of H-pyrrole nitrogens is 2. The molecule has 0 aliphatic carbocycles. The van der Waals surface area contributed by atoms with Crippen molar-refractivity contribution >= 4 is 34.7 Å². The van der Waals surface area contributed by atoms with Gasteiger partial charge in [-0.2, -0.15) is 0 Å². The van der Waals surface area contributed by atoms with Crippen molar-refractivity contribution in [1.29, 1.82) is 0 Å². The van der Waals surface area contributed by atoms with Gasteiger partial charge in [0, 0.05) is 34.8 Å². The minimum absolute atomic E-state index is 0.197. The predicted molar refractivity (Wildman–Crippen MR) is 125 cm³/mol. The number of hydrogen-bond donors (Lipinski definition) is 3. The van der Waals surface area contributed by atoms with Crippen molar-refractivity contribution in [3.63, 3.8) is 0 Å². The van der Waals surface area contributed by atoms with E-state index >= 15 is 0 Å². The number of fused-ring (bicyclic) bond motifs is 1. The fourth-order valence-corrected chi connectivity index (χ4v) is 3.62. The molecule has 0 aliphatic rings.